The molecule has 0 unspecified atom stereocenters. The van der Waals surface area contributed by atoms with E-state index in [4.69, 9.17) is 4.74 Å². The normalized spacial score (nSPS) is 11.1. The second kappa shape index (κ2) is 7.70. The van der Waals surface area contributed by atoms with Gasteiger partial charge in [-0.15, -0.1) is 0 Å². The largest absolute Gasteiger partial charge is 0.426 e. The van der Waals surface area contributed by atoms with Crippen LogP contribution < -0.4 is 9.46 Å². The predicted molar refractivity (Wildman–Crippen MR) is 98.9 cm³/mol. The highest BCUT2D eigenvalue weighted by molar-refractivity contribution is 7.92. The number of sulfonamides is 1. The van der Waals surface area contributed by atoms with Crippen LogP contribution >= 0.6 is 0 Å². The monoisotopic (exact) mass is 375 g/mol. The maximum absolute atomic E-state index is 12.6. The topological polar surface area (TPSA) is 89.5 Å². The predicted octanol–water partition coefficient (Wildman–Crippen LogP) is 3.16. The molecule has 2 rings (SSSR count). The molecule has 0 amide bonds. The lowest BCUT2D eigenvalue weighted by atomic mass is 9.97. The molecular formula is C19H21NO5S. The molecule has 138 valence electrons. The summed E-state index contributed by atoms with van der Waals surface area (Å²) < 4.78 is 33.0. The Balaban J connectivity index is 2.55. The Hall–Kier alpha value is -2.67. The number of ether oxygens (including phenoxy) is 1. The number of benzene rings is 2. The minimum atomic E-state index is -3.78. The van der Waals surface area contributed by atoms with E-state index in [-0.39, 0.29) is 17.1 Å². The summed E-state index contributed by atoms with van der Waals surface area (Å²) in [5.74, 6) is -0.327. The fraction of sp³-hybridized carbons (Fsp3) is 0.263. The van der Waals surface area contributed by atoms with Crippen molar-refractivity contribution in [3.8, 4) is 5.75 Å². The fourth-order valence-electron chi connectivity index (χ4n) is 2.62. The summed E-state index contributed by atoms with van der Waals surface area (Å²) in [5, 5.41) is 0. The number of esters is 1. The van der Waals surface area contributed by atoms with Crippen LogP contribution in [-0.2, 0) is 26.0 Å². The third-order valence-corrected chi connectivity index (χ3v) is 5.20. The van der Waals surface area contributed by atoms with Crippen molar-refractivity contribution < 1.29 is 22.7 Å². The molecule has 2 aromatic carbocycles. The first-order valence-electron chi connectivity index (χ1n) is 8.00. The first-order valence-corrected chi connectivity index (χ1v) is 9.49. The highest BCUT2D eigenvalue weighted by Crippen LogP contribution is 2.34. The Morgan fingerprint density at radius 2 is 1.69 bits per heavy atom. The zero-order valence-electron chi connectivity index (χ0n) is 15.1. The first-order chi connectivity index (χ1) is 12.1. The lowest BCUT2D eigenvalue weighted by Crippen LogP contribution is -2.16. The van der Waals surface area contributed by atoms with Crippen LogP contribution in [0, 0.1) is 13.8 Å². The molecule has 0 saturated heterocycles. The van der Waals surface area contributed by atoms with Crippen molar-refractivity contribution in [2.75, 3.05) is 4.72 Å². The summed E-state index contributed by atoms with van der Waals surface area (Å²) in [6.45, 7) is 6.08. The van der Waals surface area contributed by atoms with Gasteiger partial charge in [0.25, 0.3) is 10.0 Å². The molecule has 7 heteroatoms. The van der Waals surface area contributed by atoms with Crippen molar-refractivity contribution in [2.45, 2.75) is 39.0 Å². The van der Waals surface area contributed by atoms with Crippen LogP contribution in [0.2, 0.25) is 0 Å². The molecular weight excluding hydrogens is 354 g/mol. The van der Waals surface area contributed by atoms with Crippen molar-refractivity contribution in [2.24, 2.45) is 0 Å². The summed E-state index contributed by atoms with van der Waals surface area (Å²) >= 11 is 0. The molecule has 0 aliphatic rings. The van der Waals surface area contributed by atoms with Crippen LogP contribution in [0.5, 0.6) is 5.75 Å². The molecule has 6 nitrogen and oxygen atoms in total. The minimum Gasteiger partial charge on any atom is -0.426 e. The second-order valence-corrected chi connectivity index (χ2v) is 7.75. The van der Waals surface area contributed by atoms with Crippen LogP contribution in [0.15, 0.2) is 41.3 Å². The van der Waals surface area contributed by atoms with E-state index in [1.165, 1.54) is 26.0 Å². The van der Waals surface area contributed by atoms with E-state index < -0.39 is 16.0 Å². The lowest BCUT2D eigenvalue weighted by molar-refractivity contribution is -0.132. The Labute approximate surface area is 153 Å². The zero-order chi connectivity index (χ0) is 19.5. The molecule has 2 aromatic rings. The molecule has 0 aliphatic heterocycles. The van der Waals surface area contributed by atoms with Crippen molar-refractivity contribution in [3.05, 3.63) is 53.1 Å². The molecule has 0 saturated carbocycles. The molecule has 1 N–H and O–H groups in total. The first kappa shape index (κ1) is 19.7. The van der Waals surface area contributed by atoms with Gasteiger partial charge in [-0.05, 0) is 50.1 Å². The Morgan fingerprint density at radius 3 is 2.23 bits per heavy atom. The third-order valence-electron chi connectivity index (χ3n) is 3.82. The van der Waals surface area contributed by atoms with E-state index in [9.17, 15) is 18.0 Å². The molecule has 0 aliphatic carbocycles. The quantitative estimate of drug-likeness (QED) is 0.619. The van der Waals surface area contributed by atoms with Gasteiger partial charge in [0.2, 0.25) is 0 Å². The SMILES string of the molecule is CC(=O)Cc1c(C)c(NS(=O)(=O)c2ccccc2)cc(C)c1OC(C)=O. The van der Waals surface area contributed by atoms with E-state index in [0.717, 1.165) is 0 Å². The van der Waals surface area contributed by atoms with Gasteiger partial charge in [0.1, 0.15) is 11.5 Å². The van der Waals surface area contributed by atoms with Crippen LogP contribution in [0.1, 0.15) is 30.5 Å². The Kier molecular flexibility index (Phi) is 5.82. The number of ketones is 1. The van der Waals surface area contributed by atoms with Gasteiger partial charge in [0.15, 0.2) is 0 Å². The number of hydrogen-bond acceptors (Lipinski definition) is 5. The highest BCUT2D eigenvalue weighted by Gasteiger charge is 2.21. The van der Waals surface area contributed by atoms with Crippen molar-refractivity contribution >= 4 is 27.5 Å². The Morgan fingerprint density at radius 1 is 1.08 bits per heavy atom. The van der Waals surface area contributed by atoms with Gasteiger partial charge in [-0.1, -0.05) is 18.2 Å². The van der Waals surface area contributed by atoms with E-state index >= 15 is 0 Å². The highest BCUT2D eigenvalue weighted by atomic mass is 32.2. The number of rotatable bonds is 6. The number of anilines is 1. The maximum atomic E-state index is 12.6. The summed E-state index contributed by atoms with van der Waals surface area (Å²) in [4.78, 5) is 23.2. The van der Waals surface area contributed by atoms with Crippen molar-refractivity contribution in [3.63, 3.8) is 0 Å². The van der Waals surface area contributed by atoms with Gasteiger partial charge in [-0.2, -0.15) is 0 Å². The summed E-state index contributed by atoms with van der Waals surface area (Å²) in [6.07, 6.45) is 0.0379. The van der Waals surface area contributed by atoms with Gasteiger partial charge >= 0.3 is 5.97 Å². The molecule has 0 spiro atoms. The number of nitrogens with one attached hydrogen (secondary N) is 1. The summed E-state index contributed by atoms with van der Waals surface area (Å²) in [6, 6.07) is 9.59. The van der Waals surface area contributed by atoms with Gasteiger partial charge in [-0.3, -0.25) is 14.3 Å². The average molecular weight is 375 g/mol. The summed E-state index contributed by atoms with van der Waals surface area (Å²) in [7, 11) is -3.78. The number of carbonyl (C=O) groups excluding carboxylic acids is 2. The van der Waals surface area contributed by atoms with E-state index in [1.54, 1.807) is 38.1 Å². The van der Waals surface area contributed by atoms with E-state index in [0.29, 0.717) is 28.1 Å². The molecule has 0 heterocycles. The maximum Gasteiger partial charge on any atom is 0.308 e. The van der Waals surface area contributed by atoms with Crippen molar-refractivity contribution in [1.82, 2.24) is 0 Å². The van der Waals surface area contributed by atoms with Crippen LogP contribution in [-0.4, -0.2) is 20.2 Å². The average Bonchev–Trinajstić information content (AvgIpc) is 2.55. The number of aryl methyl sites for hydroxylation is 1. The zero-order valence-corrected chi connectivity index (χ0v) is 15.9. The molecule has 0 atom stereocenters. The molecule has 0 radical (unpaired) electrons. The second-order valence-electron chi connectivity index (χ2n) is 6.06. The number of Topliss-reactive ketones (excluding diaryl/α,β-unsaturated/α-hetero) is 1. The van der Waals surface area contributed by atoms with E-state index in [2.05, 4.69) is 4.72 Å². The molecule has 0 bridgehead atoms. The van der Waals surface area contributed by atoms with Gasteiger partial charge in [0.05, 0.1) is 10.6 Å². The van der Waals surface area contributed by atoms with Crippen LogP contribution in [0.3, 0.4) is 0 Å². The smallest absolute Gasteiger partial charge is 0.308 e. The summed E-state index contributed by atoms with van der Waals surface area (Å²) in [5.41, 5.74) is 1.95. The lowest BCUT2D eigenvalue weighted by Gasteiger charge is -2.19. The molecule has 0 aromatic heterocycles. The minimum absolute atomic E-state index is 0.0379. The fourth-order valence-corrected chi connectivity index (χ4v) is 3.75. The number of carbonyl (C=O) groups is 2. The number of hydrogen-bond donors (Lipinski definition) is 1. The van der Waals surface area contributed by atoms with Crippen molar-refractivity contribution in [1.29, 1.82) is 0 Å². The molecule has 0 fully saturated rings. The van der Waals surface area contributed by atoms with Crippen LogP contribution in [0.25, 0.3) is 0 Å². The van der Waals surface area contributed by atoms with Gasteiger partial charge in [-0.25, -0.2) is 8.42 Å². The third kappa shape index (κ3) is 4.49. The van der Waals surface area contributed by atoms with E-state index in [1.807, 2.05) is 0 Å². The Bertz CT molecular complexity index is 950. The molecule has 26 heavy (non-hydrogen) atoms. The van der Waals surface area contributed by atoms with Gasteiger partial charge < -0.3 is 4.74 Å². The standard InChI is InChI=1S/C19H21NO5S/c1-12-10-18(20-26(23,24)16-8-6-5-7-9-16)14(3)17(11-13(2)21)19(12)25-15(4)22/h5-10,20H,11H2,1-4H3. The van der Waals surface area contributed by atoms with Gasteiger partial charge in [0, 0.05) is 18.9 Å². The van der Waals surface area contributed by atoms with Crippen LogP contribution in [0.4, 0.5) is 5.69 Å².